The maximum atomic E-state index is 13.7. The Balaban J connectivity index is 2.10. The number of hydrogen-bond acceptors (Lipinski definition) is 2. The summed E-state index contributed by atoms with van der Waals surface area (Å²) in [6, 6.07) is 5.73. The summed E-state index contributed by atoms with van der Waals surface area (Å²) in [5.74, 6) is 5.50. The molecule has 0 saturated heterocycles. The summed E-state index contributed by atoms with van der Waals surface area (Å²) >= 11 is 0. The minimum atomic E-state index is -0.214. The Morgan fingerprint density at radius 1 is 1.24 bits per heavy atom. The third-order valence-corrected chi connectivity index (χ3v) is 4.18. The van der Waals surface area contributed by atoms with Gasteiger partial charge in [-0.05, 0) is 43.1 Å². The predicted octanol–water partition coefficient (Wildman–Crippen LogP) is 3.29. The Labute approximate surface area is 127 Å². The summed E-state index contributed by atoms with van der Waals surface area (Å²) in [6.07, 6.45) is 6.52. The Morgan fingerprint density at radius 2 is 2.00 bits per heavy atom. The minimum absolute atomic E-state index is 0.214. The van der Waals surface area contributed by atoms with Crippen molar-refractivity contribution >= 4 is 0 Å². The van der Waals surface area contributed by atoms with Crippen molar-refractivity contribution in [1.82, 2.24) is 4.90 Å². The average molecular weight is 288 g/mol. The Morgan fingerprint density at radius 3 is 2.67 bits per heavy atom. The van der Waals surface area contributed by atoms with Crippen LogP contribution in [0.2, 0.25) is 0 Å². The molecule has 0 aromatic heterocycles. The summed E-state index contributed by atoms with van der Waals surface area (Å²) < 4.78 is 13.7. The van der Waals surface area contributed by atoms with Gasteiger partial charge in [0.1, 0.15) is 5.82 Å². The Kier molecular flexibility index (Phi) is 6.22. The zero-order chi connectivity index (χ0) is 15.1. The molecule has 2 nitrogen and oxygen atoms in total. The molecule has 114 valence electrons. The highest BCUT2D eigenvalue weighted by Crippen LogP contribution is 2.24. The topological polar surface area (TPSA) is 29.3 Å². The van der Waals surface area contributed by atoms with E-state index in [9.17, 15) is 4.39 Å². The lowest BCUT2D eigenvalue weighted by molar-refractivity contribution is 0.156. The number of nitrogens with zero attached hydrogens (tertiary/aromatic N) is 1. The molecule has 0 radical (unpaired) electrons. The molecular formula is C18H25FN2. The van der Waals surface area contributed by atoms with Crippen LogP contribution in [0.25, 0.3) is 0 Å². The highest BCUT2D eigenvalue weighted by Gasteiger charge is 2.20. The van der Waals surface area contributed by atoms with Crippen LogP contribution in [0.5, 0.6) is 0 Å². The van der Waals surface area contributed by atoms with Crippen molar-refractivity contribution in [3.05, 3.63) is 35.1 Å². The molecule has 1 saturated carbocycles. The Hall–Kier alpha value is -1.37. The molecule has 0 aliphatic heterocycles. The van der Waals surface area contributed by atoms with Crippen molar-refractivity contribution < 1.29 is 4.39 Å². The molecule has 1 fully saturated rings. The van der Waals surface area contributed by atoms with Crippen molar-refractivity contribution in [1.29, 1.82) is 0 Å². The molecule has 0 spiro atoms. The van der Waals surface area contributed by atoms with Crippen LogP contribution in [-0.4, -0.2) is 24.0 Å². The average Bonchev–Trinajstić information content (AvgIpc) is 2.51. The van der Waals surface area contributed by atoms with Crippen molar-refractivity contribution in [2.24, 2.45) is 5.73 Å². The van der Waals surface area contributed by atoms with Gasteiger partial charge < -0.3 is 5.73 Å². The molecule has 0 bridgehead atoms. The van der Waals surface area contributed by atoms with E-state index in [1.165, 1.54) is 38.2 Å². The molecule has 1 aliphatic carbocycles. The first-order valence-corrected chi connectivity index (χ1v) is 7.95. The van der Waals surface area contributed by atoms with E-state index < -0.39 is 0 Å². The SMILES string of the molecule is CCN(Cc1cc(F)cc(C#CCN)c1)C1CCCCC1. The predicted molar refractivity (Wildman–Crippen MR) is 85.3 cm³/mol. The van der Waals surface area contributed by atoms with Gasteiger partial charge in [0.15, 0.2) is 0 Å². The lowest BCUT2D eigenvalue weighted by Gasteiger charge is -2.33. The third-order valence-electron chi connectivity index (χ3n) is 4.18. The fourth-order valence-corrected chi connectivity index (χ4v) is 3.15. The summed E-state index contributed by atoms with van der Waals surface area (Å²) in [4.78, 5) is 2.47. The number of rotatable bonds is 4. The lowest BCUT2D eigenvalue weighted by Crippen LogP contribution is -2.36. The fourth-order valence-electron chi connectivity index (χ4n) is 3.15. The van der Waals surface area contributed by atoms with Crippen LogP contribution < -0.4 is 5.73 Å². The second-order valence-electron chi connectivity index (χ2n) is 5.71. The zero-order valence-electron chi connectivity index (χ0n) is 12.9. The first-order chi connectivity index (χ1) is 10.2. The molecule has 2 N–H and O–H groups in total. The van der Waals surface area contributed by atoms with Gasteiger partial charge in [-0.15, -0.1) is 0 Å². The second kappa shape index (κ2) is 8.17. The zero-order valence-corrected chi connectivity index (χ0v) is 12.9. The van der Waals surface area contributed by atoms with Crippen molar-refractivity contribution in [2.75, 3.05) is 13.1 Å². The first-order valence-electron chi connectivity index (χ1n) is 7.95. The van der Waals surface area contributed by atoms with Crippen LogP contribution in [0.4, 0.5) is 4.39 Å². The van der Waals surface area contributed by atoms with E-state index in [-0.39, 0.29) is 5.82 Å². The largest absolute Gasteiger partial charge is 0.320 e. The minimum Gasteiger partial charge on any atom is -0.320 e. The molecule has 1 aromatic carbocycles. The van der Waals surface area contributed by atoms with Crippen LogP contribution in [0.15, 0.2) is 18.2 Å². The van der Waals surface area contributed by atoms with E-state index in [0.29, 0.717) is 12.6 Å². The van der Waals surface area contributed by atoms with Gasteiger partial charge in [-0.3, -0.25) is 4.90 Å². The molecular weight excluding hydrogens is 263 g/mol. The summed E-state index contributed by atoms with van der Waals surface area (Å²) in [5, 5.41) is 0. The van der Waals surface area contributed by atoms with Crippen LogP contribution in [-0.2, 0) is 6.54 Å². The van der Waals surface area contributed by atoms with Gasteiger partial charge in [0.05, 0.1) is 6.54 Å². The smallest absolute Gasteiger partial charge is 0.124 e. The number of nitrogens with two attached hydrogens (primary N) is 1. The standard InChI is InChI=1S/C18H25FN2/c1-2-21(18-8-4-3-5-9-18)14-16-11-15(7-6-10-20)12-17(19)13-16/h11-13,18H,2-5,8-10,14,20H2,1H3. The maximum Gasteiger partial charge on any atom is 0.124 e. The van der Waals surface area contributed by atoms with E-state index in [2.05, 4.69) is 23.7 Å². The van der Waals surface area contributed by atoms with Crippen LogP contribution >= 0.6 is 0 Å². The van der Waals surface area contributed by atoms with E-state index in [1.54, 1.807) is 6.07 Å². The summed E-state index contributed by atoms with van der Waals surface area (Å²) in [5.41, 5.74) is 7.10. The van der Waals surface area contributed by atoms with Crippen molar-refractivity contribution in [3.8, 4) is 11.8 Å². The van der Waals surface area contributed by atoms with Gasteiger partial charge >= 0.3 is 0 Å². The molecule has 1 aromatic rings. The van der Waals surface area contributed by atoms with E-state index in [4.69, 9.17) is 5.73 Å². The highest BCUT2D eigenvalue weighted by molar-refractivity contribution is 5.38. The highest BCUT2D eigenvalue weighted by atomic mass is 19.1. The first kappa shape index (κ1) is 16.0. The van der Waals surface area contributed by atoms with Gasteiger partial charge in [-0.1, -0.05) is 38.0 Å². The van der Waals surface area contributed by atoms with Gasteiger partial charge in [-0.2, -0.15) is 0 Å². The van der Waals surface area contributed by atoms with Crippen molar-refractivity contribution in [2.45, 2.75) is 51.6 Å². The molecule has 2 rings (SSSR count). The third kappa shape index (κ3) is 4.84. The monoisotopic (exact) mass is 288 g/mol. The van der Waals surface area contributed by atoms with Gasteiger partial charge in [-0.25, -0.2) is 4.39 Å². The van der Waals surface area contributed by atoms with E-state index >= 15 is 0 Å². The molecule has 21 heavy (non-hydrogen) atoms. The molecule has 0 unspecified atom stereocenters. The number of halogens is 1. The van der Waals surface area contributed by atoms with Crippen LogP contribution in [0, 0.1) is 17.7 Å². The number of benzene rings is 1. The van der Waals surface area contributed by atoms with Gasteiger partial charge in [0, 0.05) is 18.2 Å². The van der Waals surface area contributed by atoms with Gasteiger partial charge in [0.25, 0.3) is 0 Å². The Bertz CT molecular complexity index is 510. The maximum absolute atomic E-state index is 13.7. The molecule has 1 aliphatic rings. The summed E-state index contributed by atoms with van der Waals surface area (Å²) in [6.45, 7) is 4.29. The van der Waals surface area contributed by atoms with Gasteiger partial charge in [0.2, 0.25) is 0 Å². The molecule has 0 atom stereocenters. The van der Waals surface area contributed by atoms with E-state index in [0.717, 1.165) is 24.2 Å². The normalized spacial score (nSPS) is 15.8. The second-order valence-corrected chi connectivity index (χ2v) is 5.71. The quantitative estimate of drug-likeness (QED) is 0.861. The summed E-state index contributed by atoms with van der Waals surface area (Å²) in [7, 11) is 0. The van der Waals surface area contributed by atoms with Crippen LogP contribution in [0.1, 0.15) is 50.2 Å². The molecule has 0 amide bonds. The molecule has 0 heterocycles. The van der Waals surface area contributed by atoms with Crippen LogP contribution in [0.3, 0.4) is 0 Å². The number of hydrogen-bond donors (Lipinski definition) is 1. The lowest BCUT2D eigenvalue weighted by atomic mass is 9.94. The van der Waals surface area contributed by atoms with E-state index in [1.807, 2.05) is 6.07 Å². The molecule has 3 heteroatoms. The van der Waals surface area contributed by atoms with Crippen molar-refractivity contribution in [3.63, 3.8) is 0 Å². The fraction of sp³-hybridized carbons (Fsp3) is 0.556.